The summed E-state index contributed by atoms with van der Waals surface area (Å²) in [5, 5.41) is 0. The first kappa shape index (κ1) is 12.1. The molecule has 1 aromatic rings. The first-order valence-electron chi connectivity index (χ1n) is 6.20. The van der Waals surface area contributed by atoms with Gasteiger partial charge in [-0.2, -0.15) is 0 Å². The SMILES string of the molecule is Cc1cccc(C)c1C(=O)N1CCC[C@@H](N)C1. The molecule has 0 spiro atoms. The van der Waals surface area contributed by atoms with Gasteiger partial charge in [0.25, 0.3) is 5.91 Å². The fourth-order valence-corrected chi connectivity index (χ4v) is 2.50. The number of piperidine rings is 1. The summed E-state index contributed by atoms with van der Waals surface area (Å²) in [5.41, 5.74) is 8.87. The van der Waals surface area contributed by atoms with Crippen molar-refractivity contribution in [2.45, 2.75) is 32.7 Å². The second-order valence-corrected chi connectivity index (χ2v) is 4.92. The van der Waals surface area contributed by atoms with Crippen LogP contribution in [0.3, 0.4) is 0 Å². The zero-order chi connectivity index (χ0) is 12.4. The lowest BCUT2D eigenvalue weighted by Gasteiger charge is -2.31. The summed E-state index contributed by atoms with van der Waals surface area (Å²) in [6.45, 7) is 5.50. The van der Waals surface area contributed by atoms with Crippen LogP contribution in [-0.2, 0) is 0 Å². The third-order valence-corrected chi connectivity index (χ3v) is 3.44. The minimum atomic E-state index is 0.135. The van der Waals surface area contributed by atoms with Crippen molar-refractivity contribution in [1.82, 2.24) is 4.90 Å². The molecule has 17 heavy (non-hydrogen) atoms. The number of nitrogens with zero attached hydrogens (tertiary/aromatic N) is 1. The molecule has 0 radical (unpaired) electrons. The second-order valence-electron chi connectivity index (χ2n) is 4.92. The Bertz CT molecular complexity index is 408. The number of rotatable bonds is 1. The number of amides is 1. The minimum Gasteiger partial charge on any atom is -0.337 e. The van der Waals surface area contributed by atoms with Gasteiger partial charge in [-0.15, -0.1) is 0 Å². The van der Waals surface area contributed by atoms with E-state index in [1.807, 2.05) is 36.9 Å². The van der Waals surface area contributed by atoms with Crippen LogP contribution in [0.15, 0.2) is 18.2 Å². The topological polar surface area (TPSA) is 46.3 Å². The van der Waals surface area contributed by atoms with Crippen LogP contribution in [0.2, 0.25) is 0 Å². The molecular formula is C14H20N2O. The molecule has 1 aromatic carbocycles. The maximum Gasteiger partial charge on any atom is 0.254 e. The highest BCUT2D eigenvalue weighted by Gasteiger charge is 2.24. The molecule has 1 fully saturated rings. The average molecular weight is 232 g/mol. The number of carbonyl (C=O) groups excluding carboxylic acids is 1. The highest BCUT2D eigenvalue weighted by molar-refractivity contribution is 5.97. The standard InChI is InChI=1S/C14H20N2O/c1-10-5-3-6-11(2)13(10)14(17)16-8-4-7-12(15)9-16/h3,5-6,12H,4,7-9,15H2,1-2H3/t12-/m1/s1. The van der Waals surface area contributed by atoms with E-state index in [1.165, 1.54) is 0 Å². The van der Waals surface area contributed by atoms with Crippen molar-refractivity contribution in [2.75, 3.05) is 13.1 Å². The molecule has 1 heterocycles. The largest absolute Gasteiger partial charge is 0.337 e. The molecule has 0 bridgehead atoms. The van der Waals surface area contributed by atoms with E-state index in [2.05, 4.69) is 0 Å². The molecular weight excluding hydrogens is 212 g/mol. The number of hydrogen-bond donors (Lipinski definition) is 1. The van der Waals surface area contributed by atoms with Gasteiger partial charge in [-0.25, -0.2) is 0 Å². The first-order chi connectivity index (χ1) is 8.09. The second kappa shape index (κ2) is 4.88. The Morgan fingerprint density at radius 3 is 2.59 bits per heavy atom. The molecule has 1 atom stereocenters. The summed E-state index contributed by atoms with van der Waals surface area (Å²) in [7, 11) is 0. The molecule has 1 aliphatic heterocycles. The Kier molecular flexibility index (Phi) is 3.48. The Hall–Kier alpha value is -1.35. The summed E-state index contributed by atoms with van der Waals surface area (Å²) in [4.78, 5) is 14.3. The van der Waals surface area contributed by atoms with Crippen molar-refractivity contribution in [2.24, 2.45) is 5.73 Å². The monoisotopic (exact) mass is 232 g/mol. The first-order valence-corrected chi connectivity index (χ1v) is 6.20. The molecule has 2 N–H and O–H groups in total. The molecule has 0 saturated carbocycles. The molecule has 1 saturated heterocycles. The fraction of sp³-hybridized carbons (Fsp3) is 0.500. The van der Waals surface area contributed by atoms with Gasteiger partial charge in [-0.05, 0) is 37.8 Å². The van der Waals surface area contributed by atoms with Gasteiger partial charge < -0.3 is 10.6 Å². The van der Waals surface area contributed by atoms with Crippen molar-refractivity contribution in [3.63, 3.8) is 0 Å². The smallest absolute Gasteiger partial charge is 0.254 e. The molecule has 0 aromatic heterocycles. The maximum atomic E-state index is 12.5. The zero-order valence-corrected chi connectivity index (χ0v) is 10.6. The quantitative estimate of drug-likeness (QED) is 0.803. The van der Waals surface area contributed by atoms with Crippen LogP contribution in [0.25, 0.3) is 0 Å². The molecule has 2 rings (SSSR count). The van der Waals surface area contributed by atoms with Crippen LogP contribution in [0.5, 0.6) is 0 Å². The van der Waals surface area contributed by atoms with E-state index in [0.29, 0.717) is 6.54 Å². The lowest BCUT2D eigenvalue weighted by atomic mass is 9.99. The Morgan fingerprint density at radius 2 is 2.00 bits per heavy atom. The Morgan fingerprint density at radius 1 is 1.35 bits per heavy atom. The van der Waals surface area contributed by atoms with Gasteiger partial charge in [0.05, 0.1) is 0 Å². The summed E-state index contributed by atoms with van der Waals surface area (Å²) >= 11 is 0. The van der Waals surface area contributed by atoms with Crippen LogP contribution >= 0.6 is 0 Å². The van der Waals surface area contributed by atoms with Gasteiger partial charge in [0.2, 0.25) is 0 Å². The number of benzene rings is 1. The maximum absolute atomic E-state index is 12.5. The minimum absolute atomic E-state index is 0.135. The number of likely N-dealkylation sites (tertiary alicyclic amines) is 1. The van der Waals surface area contributed by atoms with E-state index in [-0.39, 0.29) is 11.9 Å². The summed E-state index contributed by atoms with van der Waals surface area (Å²) in [6.07, 6.45) is 2.04. The number of aryl methyl sites for hydroxylation is 2. The van der Waals surface area contributed by atoms with Crippen molar-refractivity contribution < 1.29 is 4.79 Å². The predicted molar refractivity (Wildman–Crippen MR) is 69.0 cm³/mol. The van der Waals surface area contributed by atoms with E-state index in [4.69, 9.17) is 5.73 Å². The van der Waals surface area contributed by atoms with Crippen LogP contribution in [0.1, 0.15) is 34.3 Å². The predicted octanol–water partition coefficient (Wildman–Crippen LogP) is 1.87. The normalized spacial score (nSPS) is 20.4. The van der Waals surface area contributed by atoms with E-state index < -0.39 is 0 Å². The Labute approximate surface area is 103 Å². The number of hydrogen-bond acceptors (Lipinski definition) is 2. The third kappa shape index (κ3) is 2.50. The molecule has 0 aliphatic carbocycles. The molecule has 1 amide bonds. The van der Waals surface area contributed by atoms with E-state index in [9.17, 15) is 4.79 Å². The molecule has 92 valence electrons. The molecule has 1 aliphatic rings. The van der Waals surface area contributed by atoms with Crippen LogP contribution in [-0.4, -0.2) is 29.9 Å². The lowest BCUT2D eigenvalue weighted by molar-refractivity contribution is 0.0707. The van der Waals surface area contributed by atoms with Crippen molar-refractivity contribution in [3.8, 4) is 0 Å². The summed E-state index contributed by atoms with van der Waals surface area (Å²) < 4.78 is 0. The van der Waals surface area contributed by atoms with Gasteiger partial charge in [0, 0.05) is 24.7 Å². The van der Waals surface area contributed by atoms with E-state index in [1.54, 1.807) is 0 Å². The van der Waals surface area contributed by atoms with E-state index >= 15 is 0 Å². The Balaban J connectivity index is 2.24. The lowest BCUT2D eigenvalue weighted by Crippen LogP contribution is -2.46. The number of carbonyl (C=O) groups is 1. The molecule has 3 nitrogen and oxygen atoms in total. The van der Waals surface area contributed by atoms with Gasteiger partial charge in [-0.3, -0.25) is 4.79 Å². The van der Waals surface area contributed by atoms with Gasteiger partial charge >= 0.3 is 0 Å². The molecule has 3 heteroatoms. The third-order valence-electron chi connectivity index (χ3n) is 3.44. The highest BCUT2D eigenvalue weighted by atomic mass is 16.2. The van der Waals surface area contributed by atoms with Crippen molar-refractivity contribution in [1.29, 1.82) is 0 Å². The molecule has 0 unspecified atom stereocenters. The van der Waals surface area contributed by atoms with Crippen molar-refractivity contribution >= 4 is 5.91 Å². The van der Waals surface area contributed by atoms with Gasteiger partial charge in [0.1, 0.15) is 0 Å². The highest BCUT2D eigenvalue weighted by Crippen LogP contribution is 2.18. The van der Waals surface area contributed by atoms with Crippen molar-refractivity contribution in [3.05, 3.63) is 34.9 Å². The van der Waals surface area contributed by atoms with Gasteiger partial charge in [-0.1, -0.05) is 18.2 Å². The summed E-state index contributed by atoms with van der Waals surface area (Å²) in [6, 6.07) is 6.11. The zero-order valence-electron chi connectivity index (χ0n) is 10.6. The van der Waals surface area contributed by atoms with Crippen LogP contribution in [0.4, 0.5) is 0 Å². The number of nitrogens with two attached hydrogens (primary N) is 1. The fourth-order valence-electron chi connectivity index (χ4n) is 2.50. The average Bonchev–Trinajstić information content (AvgIpc) is 2.28. The van der Waals surface area contributed by atoms with Gasteiger partial charge in [0.15, 0.2) is 0 Å². The summed E-state index contributed by atoms with van der Waals surface area (Å²) in [5.74, 6) is 0.135. The van der Waals surface area contributed by atoms with Crippen LogP contribution < -0.4 is 5.73 Å². The van der Waals surface area contributed by atoms with E-state index in [0.717, 1.165) is 36.1 Å². The van der Waals surface area contributed by atoms with Crippen LogP contribution in [0, 0.1) is 13.8 Å².